The summed E-state index contributed by atoms with van der Waals surface area (Å²) in [5, 5.41) is 29.9. The van der Waals surface area contributed by atoms with Gasteiger partial charge in [0.2, 0.25) is 0 Å². The van der Waals surface area contributed by atoms with Crippen LogP contribution < -0.4 is 11.1 Å². The number of nitro benzene ring substituents is 1. The first-order chi connectivity index (χ1) is 12.9. The van der Waals surface area contributed by atoms with Gasteiger partial charge in [-0.1, -0.05) is 19.1 Å². The van der Waals surface area contributed by atoms with E-state index in [-0.39, 0.29) is 18.3 Å². The molecule has 0 aliphatic heterocycles. The fourth-order valence-electron chi connectivity index (χ4n) is 1.91. The molecule has 5 N–H and O–H groups in total. The number of hydrogen-bond donors (Lipinski definition) is 4. The van der Waals surface area contributed by atoms with E-state index >= 15 is 0 Å². The summed E-state index contributed by atoms with van der Waals surface area (Å²) >= 11 is 0. The number of rotatable bonds is 7. The highest BCUT2D eigenvalue weighted by Gasteiger charge is 2.22. The topological polar surface area (TPSA) is 165 Å². The molecule has 0 spiro atoms. The second kappa shape index (κ2) is 11.9. The van der Waals surface area contributed by atoms with Crippen LogP contribution >= 0.6 is 0 Å². The van der Waals surface area contributed by atoms with Gasteiger partial charge < -0.3 is 26.0 Å². The van der Waals surface area contributed by atoms with Crippen LogP contribution in [0.5, 0.6) is 0 Å². The second-order valence-electron chi connectivity index (χ2n) is 7.02. The molecule has 0 saturated carbocycles. The number of aliphatic hydroxyl groups is 1. The van der Waals surface area contributed by atoms with Crippen LogP contribution in [0.2, 0.25) is 0 Å². The third-order valence-electron chi connectivity index (χ3n) is 3.28. The monoisotopic (exact) mass is 399 g/mol. The molecule has 2 atom stereocenters. The lowest BCUT2D eigenvalue weighted by Crippen LogP contribution is -2.43. The van der Waals surface area contributed by atoms with Gasteiger partial charge in [0.15, 0.2) is 0 Å². The molecule has 158 valence electrons. The lowest BCUT2D eigenvalue weighted by Gasteiger charge is -2.21. The zero-order chi connectivity index (χ0) is 21.9. The summed E-state index contributed by atoms with van der Waals surface area (Å²) in [6.45, 7) is 6.74. The van der Waals surface area contributed by atoms with E-state index < -0.39 is 28.6 Å². The van der Waals surface area contributed by atoms with Gasteiger partial charge in [-0.2, -0.15) is 0 Å². The van der Waals surface area contributed by atoms with Crippen molar-refractivity contribution in [3.8, 4) is 0 Å². The number of non-ortho nitro benzene ring substituents is 1. The van der Waals surface area contributed by atoms with Crippen molar-refractivity contribution in [2.75, 3.05) is 6.61 Å². The van der Waals surface area contributed by atoms with Crippen LogP contribution in [-0.4, -0.2) is 51.5 Å². The summed E-state index contributed by atoms with van der Waals surface area (Å²) in [4.78, 5) is 31.6. The molecule has 10 heteroatoms. The molecular weight excluding hydrogens is 370 g/mol. The van der Waals surface area contributed by atoms with E-state index in [9.17, 15) is 19.7 Å². The van der Waals surface area contributed by atoms with Crippen LogP contribution in [0.15, 0.2) is 24.3 Å². The predicted molar refractivity (Wildman–Crippen MR) is 103 cm³/mol. The number of alkyl carbamates (subject to hydrolysis) is 1. The number of hydrogen-bond acceptors (Lipinski definition) is 7. The number of carbonyl (C=O) groups excluding carboxylic acids is 1. The van der Waals surface area contributed by atoms with Gasteiger partial charge in [-0.25, -0.2) is 9.59 Å². The normalized spacial score (nSPS) is 12.8. The molecule has 0 aliphatic carbocycles. The molecule has 0 heterocycles. The molecule has 0 unspecified atom stereocenters. The Labute approximate surface area is 163 Å². The lowest BCUT2D eigenvalue weighted by atomic mass is 10.1. The number of amides is 1. The Morgan fingerprint density at radius 2 is 1.82 bits per heavy atom. The van der Waals surface area contributed by atoms with Crippen molar-refractivity contribution in [3.05, 3.63) is 39.9 Å². The first-order valence-corrected chi connectivity index (χ1v) is 8.71. The Kier molecular flexibility index (Phi) is 10.7. The molecule has 0 aliphatic rings. The maximum Gasteiger partial charge on any atom is 0.408 e. The number of carboxylic acids is 1. The molecule has 1 aromatic carbocycles. The number of ether oxygens (including phenoxy) is 1. The minimum absolute atomic E-state index is 0.0614. The summed E-state index contributed by atoms with van der Waals surface area (Å²) < 4.78 is 4.91. The van der Waals surface area contributed by atoms with Crippen molar-refractivity contribution in [1.29, 1.82) is 0 Å². The van der Waals surface area contributed by atoms with E-state index in [0.29, 0.717) is 12.8 Å². The zero-order valence-electron chi connectivity index (χ0n) is 16.5. The number of nitrogens with zero attached hydrogens (tertiary/aromatic N) is 1. The number of carboxylic acid groups (broad SMARTS) is 1. The van der Waals surface area contributed by atoms with Crippen LogP contribution in [0, 0.1) is 10.1 Å². The first kappa shape index (κ1) is 25.3. The van der Waals surface area contributed by atoms with Gasteiger partial charge in [0, 0.05) is 18.2 Å². The third-order valence-corrected chi connectivity index (χ3v) is 3.28. The molecular formula is C18H29N3O7. The number of benzene rings is 1. The average molecular weight is 399 g/mol. The van der Waals surface area contributed by atoms with Gasteiger partial charge in [0.1, 0.15) is 11.6 Å². The Morgan fingerprint density at radius 1 is 1.29 bits per heavy atom. The summed E-state index contributed by atoms with van der Waals surface area (Å²) in [7, 11) is 0. The number of nitrogens with one attached hydrogen (secondary N) is 1. The van der Waals surface area contributed by atoms with Gasteiger partial charge >= 0.3 is 12.1 Å². The Hall–Kier alpha value is -2.72. The number of nitrogens with two attached hydrogens (primary N) is 1. The lowest BCUT2D eigenvalue weighted by molar-refractivity contribution is -0.384. The number of aliphatic hydroxyl groups excluding tert-OH is 1. The molecule has 1 amide bonds. The summed E-state index contributed by atoms with van der Waals surface area (Å²) in [5.41, 5.74) is 5.86. The highest BCUT2D eigenvalue weighted by molar-refractivity contribution is 5.79. The van der Waals surface area contributed by atoms with Crippen molar-refractivity contribution in [2.45, 2.75) is 58.2 Å². The summed E-state index contributed by atoms with van der Waals surface area (Å²) in [5.74, 6) is -1.06. The Morgan fingerprint density at radius 3 is 2.18 bits per heavy atom. The molecule has 0 saturated heterocycles. The predicted octanol–water partition coefficient (Wildman–Crippen LogP) is 1.83. The van der Waals surface area contributed by atoms with Gasteiger partial charge in [0.05, 0.1) is 11.5 Å². The standard InChI is InChI=1S/C9H12N2O3.C9H17NO4/c10-8(6-12)5-7-1-3-9(4-2-7)11(13)14;1-5-6(7(11)12)10-8(13)14-9(2,3)4/h1-4,8,12H,5-6,10H2;6H,5H2,1-4H3,(H,10,13)(H,11,12)/t8-;6-/m00/s1. The Bertz CT molecular complexity index is 642. The maximum absolute atomic E-state index is 11.1. The minimum atomic E-state index is -1.06. The molecule has 0 fully saturated rings. The van der Waals surface area contributed by atoms with Gasteiger partial charge in [-0.15, -0.1) is 0 Å². The third kappa shape index (κ3) is 11.1. The summed E-state index contributed by atoms with van der Waals surface area (Å²) in [6.07, 6.45) is 0.148. The van der Waals surface area contributed by atoms with Gasteiger partial charge in [0.25, 0.3) is 5.69 Å². The van der Waals surface area contributed by atoms with Crippen LogP contribution in [0.1, 0.15) is 39.7 Å². The van der Waals surface area contributed by atoms with E-state index in [1.807, 2.05) is 0 Å². The highest BCUT2D eigenvalue weighted by atomic mass is 16.6. The molecule has 1 rings (SSSR count). The highest BCUT2D eigenvalue weighted by Crippen LogP contribution is 2.12. The van der Waals surface area contributed by atoms with Crippen molar-refractivity contribution in [1.82, 2.24) is 5.32 Å². The van der Waals surface area contributed by atoms with Crippen LogP contribution in [0.3, 0.4) is 0 Å². The van der Waals surface area contributed by atoms with E-state index in [2.05, 4.69) is 5.32 Å². The largest absolute Gasteiger partial charge is 0.480 e. The van der Waals surface area contributed by atoms with Crippen molar-refractivity contribution in [2.24, 2.45) is 5.73 Å². The fourth-order valence-corrected chi connectivity index (χ4v) is 1.91. The number of aliphatic carboxylic acids is 1. The molecule has 10 nitrogen and oxygen atoms in total. The molecule has 1 aromatic rings. The molecule has 28 heavy (non-hydrogen) atoms. The molecule has 0 radical (unpaired) electrons. The minimum Gasteiger partial charge on any atom is -0.480 e. The van der Waals surface area contributed by atoms with E-state index in [0.717, 1.165) is 5.56 Å². The molecule has 0 aromatic heterocycles. The van der Waals surface area contributed by atoms with Crippen molar-refractivity contribution < 1.29 is 29.5 Å². The van der Waals surface area contributed by atoms with Gasteiger partial charge in [-0.3, -0.25) is 10.1 Å². The van der Waals surface area contributed by atoms with E-state index in [1.54, 1.807) is 39.8 Å². The van der Waals surface area contributed by atoms with E-state index in [4.69, 9.17) is 20.7 Å². The fraction of sp³-hybridized carbons (Fsp3) is 0.556. The number of nitro groups is 1. The average Bonchev–Trinajstić information content (AvgIpc) is 2.58. The molecule has 0 bridgehead atoms. The SMILES string of the molecule is CC[C@H](NC(=O)OC(C)(C)C)C(=O)O.N[C@H](CO)Cc1ccc([N+](=O)[O-])cc1. The van der Waals surface area contributed by atoms with Crippen molar-refractivity contribution >= 4 is 17.7 Å². The Balaban J connectivity index is 0.000000521. The first-order valence-electron chi connectivity index (χ1n) is 8.71. The summed E-state index contributed by atoms with van der Waals surface area (Å²) in [6, 6.07) is 4.96. The quantitative estimate of drug-likeness (QED) is 0.398. The zero-order valence-corrected chi connectivity index (χ0v) is 16.5. The van der Waals surface area contributed by atoms with Crippen LogP contribution in [0.4, 0.5) is 10.5 Å². The smallest absolute Gasteiger partial charge is 0.408 e. The van der Waals surface area contributed by atoms with Crippen LogP contribution in [0.25, 0.3) is 0 Å². The van der Waals surface area contributed by atoms with Crippen molar-refractivity contribution in [3.63, 3.8) is 0 Å². The van der Waals surface area contributed by atoms with E-state index in [1.165, 1.54) is 12.1 Å². The maximum atomic E-state index is 11.1. The number of carbonyl (C=O) groups is 2. The second-order valence-corrected chi connectivity index (χ2v) is 7.02. The van der Waals surface area contributed by atoms with Gasteiger partial charge in [-0.05, 0) is 39.2 Å². The van der Waals surface area contributed by atoms with Crippen LogP contribution in [-0.2, 0) is 16.0 Å².